The van der Waals surface area contributed by atoms with Crippen LogP contribution in [-0.4, -0.2) is 32.2 Å². The lowest BCUT2D eigenvalue weighted by atomic mass is 10.1. The van der Waals surface area contributed by atoms with E-state index in [0.717, 1.165) is 11.1 Å². The molecule has 6 aromatic rings. The van der Waals surface area contributed by atoms with Crippen molar-refractivity contribution in [1.82, 2.24) is 20.4 Å². The maximum absolute atomic E-state index is 12.3. The molecular formula is C32H24Cl2N6O4. The van der Waals surface area contributed by atoms with Crippen LogP contribution in [0.2, 0.25) is 10.3 Å². The molecule has 0 saturated heterocycles. The summed E-state index contributed by atoms with van der Waals surface area (Å²) in [4.78, 5) is 48.0. The summed E-state index contributed by atoms with van der Waals surface area (Å²) in [6, 6.07) is 24.4. The van der Waals surface area contributed by atoms with Crippen molar-refractivity contribution in [1.29, 1.82) is 0 Å². The van der Waals surface area contributed by atoms with E-state index in [4.69, 9.17) is 23.2 Å². The topological polar surface area (TPSA) is 150 Å². The average molecular weight is 627 g/mol. The van der Waals surface area contributed by atoms with Gasteiger partial charge in [0.2, 0.25) is 0 Å². The number of aryl methyl sites for hydroxylation is 2. The third-order valence-corrected chi connectivity index (χ3v) is 7.20. The number of nitrogens with zero attached hydrogens (tertiary/aromatic N) is 2. The molecule has 4 aromatic carbocycles. The fourth-order valence-corrected chi connectivity index (χ4v) is 4.63. The number of aromatic nitrogens is 4. The van der Waals surface area contributed by atoms with Crippen molar-refractivity contribution < 1.29 is 9.59 Å². The zero-order valence-corrected chi connectivity index (χ0v) is 24.9. The second-order valence-electron chi connectivity index (χ2n) is 9.85. The summed E-state index contributed by atoms with van der Waals surface area (Å²) in [7, 11) is 0. The Bertz CT molecular complexity index is 2140. The first-order chi connectivity index (χ1) is 21.1. The van der Waals surface area contributed by atoms with Crippen molar-refractivity contribution in [3.05, 3.63) is 138 Å². The van der Waals surface area contributed by atoms with Gasteiger partial charge in [0.1, 0.15) is 0 Å². The molecule has 2 heterocycles. The van der Waals surface area contributed by atoms with Gasteiger partial charge in [-0.25, -0.2) is 10.2 Å². The highest BCUT2D eigenvalue weighted by atomic mass is 35.5. The van der Waals surface area contributed by atoms with Crippen molar-refractivity contribution in [2.75, 3.05) is 10.6 Å². The highest BCUT2D eigenvalue weighted by Gasteiger charge is 2.12. The molecule has 4 N–H and O–H groups in total. The molecule has 0 aliphatic rings. The first kappa shape index (κ1) is 30.1. The molecule has 10 nitrogen and oxygen atoms in total. The van der Waals surface area contributed by atoms with Gasteiger partial charge in [-0.05, 0) is 68.4 Å². The molecule has 0 saturated carbocycles. The molecule has 0 bridgehead atoms. The van der Waals surface area contributed by atoms with Gasteiger partial charge in [0.05, 0.1) is 10.8 Å². The van der Waals surface area contributed by atoms with E-state index in [1.54, 1.807) is 30.3 Å². The first-order valence-electron chi connectivity index (χ1n) is 13.2. The molecule has 220 valence electrons. The Morgan fingerprint density at radius 2 is 0.977 bits per heavy atom. The van der Waals surface area contributed by atoms with E-state index in [9.17, 15) is 19.2 Å². The minimum Gasteiger partial charge on any atom is -0.322 e. The lowest BCUT2D eigenvalue weighted by Crippen LogP contribution is -2.14. The van der Waals surface area contributed by atoms with Crippen LogP contribution >= 0.6 is 23.2 Å². The fourth-order valence-electron chi connectivity index (χ4n) is 4.23. The van der Waals surface area contributed by atoms with E-state index in [2.05, 4.69) is 31.0 Å². The highest BCUT2D eigenvalue weighted by Crippen LogP contribution is 2.21. The standard InChI is InChI=1S/2C16H12ClN3O2/c1-9-2-5-11(6-3-9)18-15(21)10-4-7-12-13(8-10)14(17)19-20-16(12)22;1-9-2-5-11(6-3-9)18-15(21)10-4-7-12-13(8-10)16(22)20-19-14(12)17/h2*2-8H,1H3,(H,18,21)(H,20,22). The van der Waals surface area contributed by atoms with Crippen LogP contribution in [0.3, 0.4) is 0 Å². The molecule has 0 atom stereocenters. The van der Waals surface area contributed by atoms with Crippen molar-refractivity contribution >= 4 is 67.9 Å². The number of rotatable bonds is 4. The molecule has 2 aromatic heterocycles. The van der Waals surface area contributed by atoms with Gasteiger partial charge < -0.3 is 10.6 Å². The molecule has 0 fully saturated rings. The van der Waals surface area contributed by atoms with E-state index in [-0.39, 0.29) is 33.2 Å². The molecule has 0 aliphatic carbocycles. The summed E-state index contributed by atoms with van der Waals surface area (Å²) in [5.74, 6) is -0.569. The summed E-state index contributed by atoms with van der Waals surface area (Å²) in [6.45, 7) is 3.94. The van der Waals surface area contributed by atoms with Crippen LogP contribution < -0.4 is 21.8 Å². The zero-order valence-electron chi connectivity index (χ0n) is 23.4. The second-order valence-corrected chi connectivity index (χ2v) is 10.6. The fraction of sp³-hybridized carbons (Fsp3) is 0.0625. The Hall–Kier alpha value is -5.32. The smallest absolute Gasteiger partial charge is 0.272 e. The van der Waals surface area contributed by atoms with Crippen LogP contribution in [0.15, 0.2) is 94.5 Å². The molecule has 12 heteroatoms. The van der Waals surface area contributed by atoms with E-state index in [1.807, 2.05) is 62.4 Å². The van der Waals surface area contributed by atoms with Crippen molar-refractivity contribution in [2.24, 2.45) is 0 Å². The number of nitrogens with one attached hydrogen (secondary N) is 4. The minimum atomic E-state index is -0.385. The van der Waals surface area contributed by atoms with E-state index in [0.29, 0.717) is 44.0 Å². The molecular weight excluding hydrogens is 603 g/mol. The van der Waals surface area contributed by atoms with E-state index >= 15 is 0 Å². The second kappa shape index (κ2) is 12.9. The number of aromatic amines is 2. The highest BCUT2D eigenvalue weighted by molar-refractivity contribution is 6.34. The Morgan fingerprint density at radius 3 is 1.48 bits per heavy atom. The number of fused-ring (bicyclic) bond motifs is 2. The van der Waals surface area contributed by atoms with Gasteiger partial charge in [-0.1, -0.05) is 64.7 Å². The summed E-state index contributed by atoms with van der Waals surface area (Å²) < 4.78 is 0. The number of halogens is 2. The van der Waals surface area contributed by atoms with Crippen LogP contribution in [0.4, 0.5) is 11.4 Å². The molecule has 0 aliphatic heterocycles. The molecule has 0 unspecified atom stereocenters. The van der Waals surface area contributed by atoms with Crippen LogP contribution in [-0.2, 0) is 0 Å². The van der Waals surface area contributed by atoms with Gasteiger partial charge in [-0.15, -0.1) is 0 Å². The normalized spacial score (nSPS) is 10.6. The Labute approximate surface area is 260 Å². The Kier molecular flexibility index (Phi) is 8.84. The lowest BCUT2D eigenvalue weighted by Gasteiger charge is -2.07. The molecule has 0 spiro atoms. The first-order valence-corrected chi connectivity index (χ1v) is 14.0. The monoisotopic (exact) mass is 626 g/mol. The Balaban J connectivity index is 0.000000175. The largest absolute Gasteiger partial charge is 0.322 e. The predicted octanol–water partition coefficient (Wildman–Crippen LogP) is 6.27. The molecule has 2 amide bonds. The third-order valence-electron chi connectivity index (χ3n) is 6.63. The number of amides is 2. The number of H-pyrrole nitrogens is 2. The van der Waals surface area contributed by atoms with Gasteiger partial charge >= 0.3 is 0 Å². The van der Waals surface area contributed by atoms with Gasteiger partial charge in [-0.3, -0.25) is 19.2 Å². The van der Waals surface area contributed by atoms with Gasteiger partial charge in [0.15, 0.2) is 10.3 Å². The summed E-state index contributed by atoms with van der Waals surface area (Å²) in [5, 5.41) is 19.6. The van der Waals surface area contributed by atoms with Crippen molar-refractivity contribution in [2.45, 2.75) is 13.8 Å². The molecule has 44 heavy (non-hydrogen) atoms. The van der Waals surface area contributed by atoms with E-state index < -0.39 is 0 Å². The SMILES string of the molecule is Cc1ccc(NC(=O)c2ccc3c(=O)[nH]nc(Cl)c3c2)cc1.Cc1ccc(NC(=O)c2ccc3c(Cl)n[nH]c(=O)c3c2)cc1. The van der Waals surface area contributed by atoms with Gasteiger partial charge in [-0.2, -0.15) is 10.2 Å². The minimum absolute atomic E-state index is 0.152. The number of hydrogen-bond donors (Lipinski definition) is 4. The number of anilines is 2. The quantitative estimate of drug-likeness (QED) is 0.181. The predicted molar refractivity (Wildman–Crippen MR) is 173 cm³/mol. The van der Waals surface area contributed by atoms with Crippen LogP contribution in [0.25, 0.3) is 21.5 Å². The van der Waals surface area contributed by atoms with Gasteiger partial charge in [0, 0.05) is 33.3 Å². The van der Waals surface area contributed by atoms with Crippen LogP contribution in [0, 0.1) is 13.8 Å². The zero-order chi connectivity index (χ0) is 31.4. The maximum atomic E-state index is 12.3. The summed E-state index contributed by atoms with van der Waals surface area (Å²) in [5.41, 5.74) is 3.67. The van der Waals surface area contributed by atoms with Crippen molar-refractivity contribution in [3.8, 4) is 0 Å². The Morgan fingerprint density at radius 1 is 0.568 bits per heavy atom. The summed E-state index contributed by atoms with van der Waals surface area (Å²) in [6.07, 6.45) is 0. The van der Waals surface area contributed by atoms with E-state index in [1.165, 1.54) is 6.07 Å². The molecule has 6 rings (SSSR count). The average Bonchev–Trinajstić information content (AvgIpc) is 3.03. The number of benzene rings is 4. The van der Waals surface area contributed by atoms with Crippen LogP contribution in [0.1, 0.15) is 31.8 Å². The number of hydrogen-bond acceptors (Lipinski definition) is 6. The number of carbonyl (C=O) groups excluding carboxylic acids is 2. The third kappa shape index (κ3) is 6.83. The lowest BCUT2D eigenvalue weighted by molar-refractivity contribution is 0.101. The number of carbonyl (C=O) groups is 2. The maximum Gasteiger partial charge on any atom is 0.272 e. The summed E-state index contributed by atoms with van der Waals surface area (Å²) >= 11 is 11.9. The van der Waals surface area contributed by atoms with Crippen molar-refractivity contribution in [3.63, 3.8) is 0 Å². The molecule has 0 radical (unpaired) electrons. The van der Waals surface area contributed by atoms with Gasteiger partial charge in [0.25, 0.3) is 22.9 Å². The van der Waals surface area contributed by atoms with Crippen LogP contribution in [0.5, 0.6) is 0 Å².